The summed E-state index contributed by atoms with van der Waals surface area (Å²) in [5, 5.41) is 4.63. The lowest BCUT2D eigenvalue weighted by molar-refractivity contribution is 0.447. The van der Waals surface area contributed by atoms with E-state index in [2.05, 4.69) is 5.32 Å². The molecule has 0 unspecified atom stereocenters. The highest BCUT2D eigenvalue weighted by Gasteiger charge is 2.31. The third kappa shape index (κ3) is 3.10. The summed E-state index contributed by atoms with van der Waals surface area (Å²) >= 11 is 5.96. The van der Waals surface area contributed by atoms with E-state index in [1.54, 1.807) is 6.07 Å². The van der Waals surface area contributed by atoms with Gasteiger partial charge in [-0.05, 0) is 44.0 Å². The van der Waals surface area contributed by atoms with Gasteiger partial charge in [0.05, 0.1) is 17.0 Å². The number of furan rings is 1. The molecule has 0 amide bonds. The fraction of sp³-hybridized carbons (Fsp3) is 0.467. The first kappa shape index (κ1) is 14.9. The van der Waals surface area contributed by atoms with Gasteiger partial charge in [0.15, 0.2) is 9.84 Å². The molecule has 21 heavy (non-hydrogen) atoms. The van der Waals surface area contributed by atoms with Crippen molar-refractivity contribution in [2.45, 2.75) is 31.1 Å². The van der Waals surface area contributed by atoms with Crippen LogP contribution in [-0.4, -0.2) is 26.0 Å². The Morgan fingerprint density at radius 1 is 1.43 bits per heavy atom. The minimum Gasteiger partial charge on any atom is -0.459 e. The zero-order valence-corrected chi connectivity index (χ0v) is 13.4. The molecular formula is C15H18ClNO3S. The van der Waals surface area contributed by atoms with E-state index in [-0.39, 0.29) is 11.3 Å². The second-order valence-electron chi connectivity index (χ2n) is 5.59. The fourth-order valence-electron chi connectivity index (χ4n) is 2.74. The maximum atomic E-state index is 11.8. The average Bonchev–Trinajstić information content (AvgIpc) is 2.98. The molecule has 0 bridgehead atoms. The number of halogens is 1. The van der Waals surface area contributed by atoms with Gasteiger partial charge < -0.3 is 9.73 Å². The van der Waals surface area contributed by atoms with Crippen molar-refractivity contribution in [1.29, 1.82) is 0 Å². The fourth-order valence-corrected chi connectivity index (χ4v) is 4.70. The van der Waals surface area contributed by atoms with Crippen molar-refractivity contribution in [2.75, 3.05) is 12.3 Å². The number of hydrogen-bond donors (Lipinski definition) is 1. The van der Waals surface area contributed by atoms with E-state index in [0.29, 0.717) is 17.3 Å². The lowest BCUT2D eigenvalue weighted by Crippen LogP contribution is -2.32. The molecule has 2 aromatic rings. The minimum atomic E-state index is -2.91. The van der Waals surface area contributed by atoms with Gasteiger partial charge >= 0.3 is 0 Å². The Kier molecular flexibility index (Phi) is 3.99. The molecule has 0 saturated carbocycles. The summed E-state index contributed by atoms with van der Waals surface area (Å²) in [6.45, 7) is 2.45. The van der Waals surface area contributed by atoms with E-state index >= 15 is 0 Å². The van der Waals surface area contributed by atoms with E-state index in [0.717, 1.165) is 29.6 Å². The van der Waals surface area contributed by atoms with Crippen LogP contribution in [0.15, 0.2) is 28.7 Å². The number of hydrogen-bond acceptors (Lipinski definition) is 4. The van der Waals surface area contributed by atoms with Crippen LogP contribution in [0.5, 0.6) is 0 Å². The molecule has 0 spiro atoms. The molecule has 6 heteroatoms. The van der Waals surface area contributed by atoms with E-state index in [9.17, 15) is 8.42 Å². The zero-order chi connectivity index (χ0) is 15.0. The van der Waals surface area contributed by atoms with Crippen molar-refractivity contribution >= 4 is 32.4 Å². The molecule has 3 rings (SSSR count). The average molecular weight is 328 g/mol. The summed E-state index contributed by atoms with van der Waals surface area (Å²) in [6.07, 6.45) is 1.52. The first-order chi connectivity index (χ1) is 9.95. The van der Waals surface area contributed by atoms with Crippen LogP contribution in [0.4, 0.5) is 0 Å². The quantitative estimate of drug-likeness (QED) is 0.936. The summed E-state index contributed by atoms with van der Waals surface area (Å²) in [6, 6.07) is 7.41. The largest absolute Gasteiger partial charge is 0.459 e. The van der Waals surface area contributed by atoms with E-state index in [1.807, 2.05) is 25.1 Å². The van der Waals surface area contributed by atoms with Crippen molar-refractivity contribution < 1.29 is 12.8 Å². The van der Waals surface area contributed by atoms with Gasteiger partial charge in [0.2, 0.25) is 0 Å². The maximum Gasteiger partial charge on any atom is 0.154 e. The molecule has 114 valence electrons. The van der Waals surface area contributed by atoms with Gasteiger partial charge in [-0.3, -0.25) is 0 Å². The van der Waals surface area contributed by atoms with Crippen molar-refractivity contribution in [3.05, 3.63) is 35.0 Å². The van der Waals surface area contributed by atoms with E-state index in [4.69, 9.17) is 16.0 Å². The van der Waals surface area contributed by atoms with Crippen molar-refractivity contribution in [1.82, 2.24) is 5.32 Å². The molecule has 1 aliphatic rings. The molecule has 1 fully saturated rings. The highest BCUT2D eigenvalue weighted by molar-refractivity contribution is 7.92. The molecule has 0 radical (unpaired) electrons. The maximum absolute atomic E-state index is 11.8. The number of benzene rings is 1. The van der Waals surface area contributed by atoms with E-state index in [1.165, 1.54) is 0 Å². The van der Waals surface area contributed by atoms with E-state index < -0.39 is 9.84 Å². The molecule has 1 aromatic carbocycles. The zero-order valence-electron chi connectivity index (χ0n) is 11.8. The van der Waals surface area contributed by atoms with Crippen molar-refractivity contribution in [2.24, 2.45) is 0 Å². The normalized spacial score (nSPS) is 22.7. The lowest BCUT2D eigenvalue weighted by Gasteiger charge is -2.15. The second kappa shape index (κ2) is 5.63. The standard InChI is InChI=1S/C15H18ClNO3S/c1-10(17-9-13-3-2-6-21(13,18)19)15-8-11-7-12(16)4-5-14(11)20-15/h4-5,7-8,10,13,17H,2-3,6,9H2,1H3/t10-,13+/m1/s1. The number of rotatable bonds is 4. The van der Waals surface area contributed by atoms with Crippen molar-refractivity contribution in [3.63, 3.8) is 0 Å². The molecule has 1 saturated heterocycles. The van der Waals surface area contributed by atoms with Gasteiger partial charge in [-0.25, -0.2) is 8.42 Å². The smallest absolute Gasteiger partial charge is 0.154 e. The monoisotopic (exact) mass is 327 g/mol. The lowest BCUT2D eigenvalue weighted by atomic mass is 10.2. The summed E-state index contributed by atoms with van der Waals surface area (Å²) in [5.41, 5.74) is 0.788. The Morgan fingerprint density at radius 2 is 2.24 bits per heavy atom. The molecule has 1 N–H and O–H groups in total. The van der Waals surface area contributed by atoms with Crippen LogP contribution < -0.4 is 5.32 Å². The Balaban J connectivity index is 1.70. The summed E-state index contributed by atoms with van der Waals surface area (Å²) in [7, 11) is -2.91. The van der Waals surface area contributed by atoms with Gasteiger partial charge in [0.25, 0.3) is 0 Å². The molecule has 2 heterocycles. The first-order valence-electron chi connectivity index (χ1n) is 7.10. The van der Waals surface area contributed by atoms with Gasteiger partial charge in [-0.15, -0.1) is 0 Å². The molecule has 2 atom stereocenters. The summed E-state index contributed by atoms with van der Waals surface area (Å²) < 4.78 is 29.4. The van der Waals surface area contributed by atoms with Gasteiger partial charge in [0.1, 0.15) is 11.3 Å². The van der Waals surface area contributed by atoms with Crippen LogP contribution in [0.25, 0.3) is 11.0 Å². The minimum absolute atomic E-state index is 0.0352. The van der Waals surface area contributed by atoms with Crippen LogP contribution in [0.1, 0.15) is 31.6 Å². The Labute approximate surface area is 129 Å². The number of nitrogens with one attached hydrogen (secondary N) is 1. The molecule has 1 aliphatic heterocycles. The SMILES string of the molecule is C[C@@H](NC[C@@H]1CCCS1(=O)=O)c1cc2cc(Cl)ccc2o1. The predicted octanol–water partition coefficient (Wildman–Crippen LogP) is 3.31. The summed E-state index contributed by atoms with van der Waals surface area (Å²) in [5.74, 6) is 1.11. The Morgan fingerprint density at radius 3 is 2.95 bits per heavy atom. The highest BCUT2D eigenvalue weighted by atomic mass is 35.5. The van der Waals surface area contributed by atoms with Crippen LogP contribution in [0.2, 0.25) is 5.02 Å². The number of fused-ring (bicyclic) bond motifs is 1. The molecular weight excluding hydrogens is 310 g/mol. The van der Waals surface area contributed by atoms with Crippen LogP contribution in [0.3, 0.4) is 0 Å². The second-order valence-corrected chi connectivity index (χ2v) is 8.43. The van der Waals surface area contributed by atoms with Crippen molar-refractivity contribution in [3.8, 4) is 0 Å². The topological polar surface area (TPSA) is 59.3 Å². The third-order valence-corrected chi connectivity index (χ3v) is 6.55. The molecule has 4 nitrogen and oxygen atoms in total. The third-order valence-electron chi connectivity index (χ3n) is 4.04. The first-order valence-corrected chi connectivity index (χ1v) is 9.19. The highest BCUT2D eigenvalue weighted by Crippen LogP contribution is 2.27. The van der Waals surface area contributed by atoms with Crippen LogP contribution >= 0.6 is 11.6 Å². The molecule has 1 aromatic heterocycles. The summed E-state index contributed by atoms with van der Waals surface area (Å²) in [4.78, 5) is 0. The Bertz CT molecular complexity index is 753. The van der Waals surface area contributed by atoms with Gasteiger partial charge in [-0.2, -0.15) is 0 Å². The molecule has 0 aliphatic carbocycles. The van der Waals surface area contributed by atoms with Gasteiger partial charge in [0, 0.05) is 17.0 Å². The predicted molar refractivity (Wildman–Crippen MR) is 84.5 cm³/mol. The van der Waals surface area contributed by atoms with Crippen LogP contribution in [-0.2, 0) is 9.84 Å². The van der Waals surface area contributed by atoms with Crippen LogP contribution in [0, 0.1) is 0 Å². The Hall–Kier alpha value is -1.04. The van der Waals surface area contributed by atoms with Gasteiger partial charge in [-0.1, -0.05) is 11.6 Å². The number of sulfone groups is 1.